The van der Waals surface area contributed by atoms with E-state index in [2.05, 4.69) is 37.9 Å². The Morgan fingerprint density at radius 3 is 2.68 bits per heavy atom. The number of benzene rings is 1. The van der Waals surface area contributed by atoms with Gasteiger partial charge in [-0.3, -0.25) is 9.69 Å². The number of hydrogen-bond donors (Lipinski definition) is 1. The summed E-state index contributed by atoms with van der Waals surface area (Å²) < 4.78 is 11.0. The summed E-state index contributed by atoms with van der Waals surface area (Å²) >= 11 is 0. The molecular weight excluding hydrogens is 316 g/mol. The molecule has 1 saturated heterocycles. The second-order valence-electron chi connectivity index (χ2n) is 7.30. The van der Waals surface area contributed by atoms with Crippen LogP contribution >= 0.6 is 0 Å². The van der Waals surface area contributed by atoms with E-state index in [1.165, 1.54) is 0 Å². The monoisotopic (exact) mass is 346 g/mol. The number of carbonyl (C=O) groups is 1. The maximum atomic E-state index is 12.2. The number of ether oxygens (including phenoxy) is 2. The molecule has 1 amide bonds. The van der Waals surface area contributed by atoms with Crippen LogP contribution in [0, 0.1) is 0 Å². The molecule has 1 aliphatic heterocycles. The molecule has 1 N–H and O–H groups in total. The lowest BCUT2D eigenvalue weighted by Crippen LogP contribution is -2.58. The second-order valence-corrected chi connectivity index (χ2v) is 7.30. The molecule has 2 atom stereocenters. The van der Waals surface area contributed by atoms with Crippen molar-refractivity contribution in [2.75, 3.05) is 26.7 Å². The molecular formula is C20H30N2O3. The molecule has 2 rings (SSSR count). The van der Waals surface area contributed by atoms with Gasteiger partial charge < -0.3 is 14.8 Å². The summed E-state index contributed by atoms with van der Waals surface area (Å²) in [6, 6.07) is 7.61. The zero-order valence-corrected chi connectivity index (χ0v) is 15.9. The van der Waals surface area contributed by atoms with E-state index < -0.39 is 0 Å². The third-order valence-electron chi connectivity index (χ3n) is 4.49. The Balaban J connectivity index is 1.88. The van der Waals surface area contributed by atoms with Crippen molar-refractivity contribution in [1.29, 1.82) is 0 Å². The zero-order chi connectivity index (χ0) is 18.4. The molecule has 0 bridgehead atoms. The van der Waals surface area contributed by atoms with Gasteiger partial charge in [-0.15, -0.1) is 0 Å². The number of nitrogens with zero attached hydrogens (tertiary/aromatic N) is 1. The second kappa shape index (κ2) is 8.50. The highest BCUT2D eigenvalue weighted by Gasteiger charge is 2.33. The van der Waals surface area contributed by atoms with E-state index in [-0.39, 0.29) is 23.7 Å². The summed E-state index contributed by atoms with van der Waals surface area (Å²) in [5, 5.41) is 3.01. The molecule has 0 aliphatic carbocycles. The van der Waals surface area contributed by atoms with Gasteiger partial charge in [-0.25, -0.2) is 0 Å². The Morgan fingerprint density at radius 1 is 1.36 bits per heavy atom. The van der Waals surface area contributed by atoms with Crippen molar-refractivity contribution in [3.8, 4) is 5.75 Å². The lowest BCUT2D eigenvalue weighted by atomic mass is 10.00. The van der Waals surface area contributed by atoms with E-state index in [9.17, 15) is 4.79 Å². The first kappa shape index (κ1) is 19.5. The summed E-state index contributed by atoms with van der Waals surface area (Å²) in [5.41, 5.74) is 0.816. The first-order valence-corrected chi connectivity index (χ1v) is 8.80. The lowest BCUT2D eigenvalue weighted by molar-refractivity contribution is -0.118. The number of methoxy groups -OCH3 is 1. The van der Waals surface area contributed by atoms with E-state index in [0.717, 1.165) is 24.4 Å². The molecule has 0 radical (unpaired) electrons. The van der Waals surface area contributed by atoms with Crippen LogP contribution in [0.2, 0.25) is 0 Å². The Labute approximate surface area is 151 Å². The minimum Gasteiger partial charge on any atom is -0.497 e. The Morgan fingerprint density at radius 2 is 2.04 bits per heavy atom. The summed E-state index contributed by atoms with van der Waals surface area (Å²) in [6.07, 6.45) is 3.79. The van der Waals surface area contributed by atoms with Gasteiger partial charge in [0.15, 0.2) is 0 Å². The standard InChI is InChI=1S/C20H30N2O3/c1-15-12-22(13-16(2)25-15)20(3,4)14-21-19(23)10-9-17-7-6-8-18(11-17)24-5/h6-11,15-16H,12-14H2,1-5H3,(H,21,23)/b10-9+. The van der Waals surface area contributed by atoms with Crippen molar-refractivity contribution in [2.45, 2.75) is 45.4 Å². The summed E-state index contributed by atoms with van der Waals surface area (Å²) in [5.74, 6) is 0.685. The predicted molar refractivity (Wildman–Crippen MR) is 101 cm³/mol. The van der Waals surface area contributed by atoms with Crippen LogP contribution in [0.4, 0.5) is 0 Å². The third kappa shape index (κ3) is 5.87. The van der Waals surface area contributed by atoms with Crippen molar-refractivity contribution in [3.05, 3.63) is 35.9 Å². The van der Waals surface area contributed by atoms with E-state index >= 15 is 0 Å². The maximum absolute atomic E-state index is 12.2. The molecule has 1 aromatic carbocycles. The summed E-state index contributed by atoms with van der Waals surface area (Å²) in [6.45, 7) is 10.9. The van der Waals surface area contributed by atoms with Crippen LogP contribution in [0.3, 0.4) is 0 Å². The highest BCUT2D eigenvalue weighted by Crippen LogP contribution is 2.20. The van der Waals surface area contributed by atoms with Crippen molar-refractivity contribution in [2.24, 2.45) is 0 Å². The van der Waals surface area contributed by atoms with Gasteiger partial charge in [0.05, 0.1) is 19.3 Å². The third-order valence-corrected chi connectivity index (χ3v) is 4.49. The average Bonchev–Trinajstić information content (AvgIpc) is 2.57. The Hall–Kier alpha value is -1.85. The molecule has 1 fully saturated rings. The fourth-order valence-electron chi connectivity index (χ4n) is 3.06. The first-order valence-electron chi connectivity index (χ1n) is 8.80. The number of nitrogens with one attached hydrogen (secondary N) is 1. The van der Waals surface area contributed by atoms with Gasteiger partial charge in [0.1, 0.15) is 5.75 Å². The molecule has 0 saturated carbocycles. The number of morpholine rings is 1. The van der Waals surface area contributed by atoms with Crippen molar-refractivity contribution in [1.82, 2.24) is 10.2 Å². The van der Waals surface area contributed by atoms with Gasteiger partial charge in [-0.05, 0) is 51.5 Å². The van der Waals surface area contributed by atoms with Gasteiger partial charge in [-0.2, -0.15) is 0 Å². The average molecular weight is 346 g/mol. The number of amides is 1. The predicted octanol–water partition coefficient (Wildman–Crippen LogP) is 2.71. The Kier molecular flexibility index (Phi) is 6.62. The fourth-order valence-corrected chi connectivity index (χ4v) is 3.06. The van der Waals surface area contributed by atoms with E-state index in [1.54, 1.807) is 19.3 Å². The molecule has 2 unspecified atom stereocenters. The van der Waals surface area contributed by atoms with Crippen LogP contribution in [-0.2, 0) is 9.53 Å². The van der Waals surface area contributed by atoms with E-state index in [0.29, 0.717) is 6.54 Å². The molecule has 0 aromatic heterocycles. The molecule has 1 aromatic rings. The van der Waals surface area contributed by atoms with Crippen molar-refractivity contribution < 1.29 is 14.3 Å². The van der Waals surface area contributed by atoms with Crippen LogP contribution in [0.5, 0.6) is 5.75 Å². The van der Waals surface area contributed by atoms with Gasteiger partial charge in [0.25, 0.3) is 0 Å². The number of rotatable bonds is 6. The lowest BCUT2D eigenvalue weighted by Gasteiger charge is -2.45. The van der Waals surface area contributed by atoms with E-state index in [1.807, 2.05) is 24.3 Å². The Bertz CT molecular complexity index is 603. The molecule has 138 valence electrons. The van der Waals surface area contributed by atoms with Gasteiger partial charge in [0, 0.05) is 31.2 Å². The van der Waals surface area contributed by atoms with Crippen LogP contribution in [-0.4, -0.2) is 55.3 Å². The smallest absolute Gasteiger partial charge is 0.244 e. The topological polar surface area (TPSA) is 50.8 Å². The van der Waals surface area contributed by atoms with Crippen LogP contribution in [0.1, 0.15) is 33.3 Å². The molecule has 5 nitrogen and oxygen atoms in total. The first-order chi connectivity index (χ1) is 11.8. The highest BCUT2D eigenvalue weighted by molar-refractivity contribution is 5.91. The van der Waals surface area contributed by atoms with Crippen LogP contribution in [0.25, 0.3) is 6.08 Å². The minimum absolute atomic E-state index is 0.0924. The number of hydrogen-bond acceptors (Lipinski definition) is 4. The summed E-state index contributed by atoms with van der Waals surface area (Å²) in [4.78, 5) is 14.5. The van der Waals surface area contributed by atoms with Gasteiger partial charge in [-0.1, -0.05) is 12.1 Å². The molecule has 25 heavy (non-hydrogen) atoms. The highest BCUT2D eigenvalue weighted by atomic mass is 16.5. The molecule has 5 heteroatoms. The molecule has 1 heterocycles. The SMILES string of the molecule is COc1cccc(/C=C/C(=O)NCC(C)(C)N2CC(C)OC(C)C2)c1. The summed E-state index contributed by atoms with van der Waals surface area (Å²) in [7, 11) is 1.63. The normalized spacial score (nSPS) is 22.1. The van der Waals surface area contributed by atoms with Crippen LogP contribution < -0.4 is 10.1 Å². The van der Waals surface area contributed by atoms with Crippen molar-refractivity contribution >= 4 is 12.0 Å². The molecule has 1 aliphatic rings. The number of carbonyl (C=O) groups excluding carboxylic acids is 1. The van der Waals surface area contributed by atoms with Gasteiger partial charge in [0.2, 0.25) is 5.91 Å². The van der Waals surface area contributed by atoms with Crippen molar-refractivity contribution in [3.63, 3.8) is 0 Å². The van der Waals surface area contributed by atoms with E-state index in [4.69, 9.17) is 9.47 Å². The molecule has 0 spiro atoms. The van der Waals surface area contributed by atoms with Crippen LogP contribution in [0.15, 0.2) is 30.3 Å². The maximum Gasteiger partial charge on any atom is 0.244 e. The largest absolute Gasteiger partial charge is 0.497 e. The quantitative estimate of drug-likeness (QED) is 0.805. The minimum atomic E-state index is -0.119. The fraction of sp³-hybridized carbons (Fsp3) is 0.550. The van der Waals surface area contributed by atoms with Gasteiger partial charge >= 0.3 is 0 Å². The zero-order valence-electron chi connectivity index (χ0n) is 15.9.